The first-order chi connectivity index (χ1) is 9.99. The number of aromatic nitrogens is 2. The normalized spacial score (nSPS) is 11.3. The summed E-state index contributed by atoms with van der Waals surface area (Å²) < 4.78 is 0. The molecule has 1 aromatic heterocycles. The Kier molecular flexibility index (Phi) is 8.60. The van der Waals surface area contributed by atoms with Crippen molar-refractivity contribution in [1.82, 2.24) is 15.3 Å². The second kappa shape index (κ2) is 9.34. The third-order valence-electron chi connectivity index (χ3n) is 3.17. The number of fused-ring (bicyclic) bond motifs is 1. The number of amides is 2. The lowest BCUT2D eigenvalue weighted by molar-refractivity contribution is -0.125. The number of hydrogen-bond acceptors (Lipinski definition) is 4. The standard InChI is InChI=1S/C14H19N5O2.2ClH/c1-8(2)12(15)14(21)16-6-11(20)19-10-5-3-4-9-13(10)18-7-17-9;;/h3-5,7-8,12H,6,15H2,1-2H3,(H,16,21)(H,17,18)(H,19,20);2*1H/t12-;;/m0../s1. The van der Waals surface area contributed by atoms with Gasteiger partial charge in [0.15, 0.2) is 0 Å². The number of carbonyl (C=O) groups excluding carboxylic acids is 2. The van der Waals surface area contributed by atoms with Gasteiger partial charge in [-0.1, -0.05) is 19.9 Å². The predicted octanol–water partition coefficient (Wildman–Crippen LogP) is 1.44. The van der Waals surface area contributed by atoms with Gasteiger partial charge in [-0.3, -0.25) is 9.59 Å². The Hall–Kier alpha value is -1.83. The summed E-state index contributed by atoms with van der Waals surface area (Å²) in [7, 11) is 0. The van der Waals surface area contributed by atoms with Crippen LogP contribution in [0.4, 0.5) is 5.69 Å². The van der Waals surface area contributed by atoms with E-state index in [2.05, 4.69) is 20.6 Å². The van der Waals surface area contributed by atoms with Crippen molar-refractivity contribution < 1.29 is 9.59 Å². The molecule has 0 aliphatic rings. The van der Waals surface area contributed by atoms with E-state index in [1.54, 1.807) is 12.4 Å². The Bertz CT molecular complexity index is 659. The van der Waals surface area contributed by atoms with Gasteiger partial charge in [0, 0.05) is 0 Å². The molecule has 1 heterocycles. The maximum absolute atomic E-state index is 11.9. The van der Waals surface area contributed by atoms with Crippen LogP contribution in [0.2, 0.25) is 0 Å². The third-order valence-corrected chi connectivity index (χ3v) is 3.17. The monoisotopic (exact) mass is 361 g/mol. The average molecular weight is 362 g/mol. The van der Waals surface area contributed by atoms with Gasteiger partial charge in [0.25, 0.3) is 0 Å². The van der Waals surface area contributed by atoms with Gasteiger partial charge in [-0.2, -0.15) is 0 Å². The van der Waals surface area contributed by atoms with Crippen molar-refractivity contribution in [2.24, 2.45) is 11.7 Å². The van der Waals surface area contributed by atoms with Gasteiger partial charge in [0.2, 0.25) is 11.8 Å². The van der Waals surface area contributed by atoms with E-state index in [9.17, 15) is 9.59 Å². The summed E-state index contributed by atoms with van der Waals surface area (Å²) in [6.07, 6.45) is 1.56. The van der Waals surface area contributed by atoms with Crippen LogP contribution in [-0.2, 0) is 9.59 Å². The molecule has 0 unspecified atom stereocenters. The summed E-state index contributed by atoms with van der Waals surface area (Å²) >= 11 is 0. The van der Waals surface area contributed by atoms with E-state index in [1.165, 1.54) is 0 Å². The molecule has 0 spiro atoms. The van der Waals surface area contributed by atoms with Crippen molar-refractivity contribution >= 4 is 53.3 Å². The minimum atomic E-state index is -0.618. The summed E-state index contributed by atoms with van der Waals surface area (Å²) in [6.45, 7) is 3.57. The van der Waals surface area contributed by atoms with Gasteiger partial charge < -0.3 is 21.4 Å². The number of carbonyl (C=O) groups is 2. The van der Waals surface area contributed by atoms with Crippen molar-refractivity contribution in [3.05, 3.63) is 24.5 Å². The number of halogens is 2. The quantitative estimate of drug-likeness (QED) is 0.645. The summed E-state index contributed by atoms with van der Waals surface area (Å²) in [6, 6.07) is 4.81. The number of nitrogens with one attached hydrogen (secondary N) is 3. The zero-order chi connectivity index (χ0) is 15.4. The predicted molar refractivity (Wildman–Crippen MR) is 95.0 cm³/mol. The minimum Gasteiger partial charge on any atom is -0.346 e. The van der Waals surface area contributed by atoms with E-state index in [-0.39, 0.29) is 49.1 Å². The van der Waals surface area contributed by atoms with Crippen LogP contribution < -0.4 is 16.4 Å². The molecule has 0 saturated heterocycles. The molecular weight excluding hydrogens is 341 g/mol. The topological polar surface area (TPSA) is 113 Å². The fourth-order valence-corrected chi connectivity index (χ4v) is 1.85. The van der Waals surface area contributed by atoms with Crippen molar-refractivity contribution in [3.63, 3.8) is 0 Å². The highest BCUT2D eigenvalue weighted by Crippen LogP contribution is 2.19. The number of H-pyrrole nitrogens is 1. The second-order valence-corrected chi connectivity index (χ2v) is 5.14. The van der Waals surface area contributed by atoms with Crippen LogP contribution in [0.25, 0.3) is 11.0 Å². The summed E-state index contributed by atoms with van der Waals surface area (Å²) in [5, 5.41) is 5.24. The Morgan fingerprint density at radius 1 is 1.30 bits per heavy atom. The lowest BCUT2D eigenvalue weighted by Gasteiger charge is -2.15. The van der Waals surface area contributed by atoms with Crippen LogP contribution in [0, 0.1) is 5.92 Å². The Morgan fingerprint density at radius 3 is 2.65 bits per heavy atom. The van der Waals surface area contributed by atoms with Crippen LogP contribution in [0.15, 0.2) is 24.5 Å². The Morgan fingerprint density at radius 2 is 2.00 bits per heavy atom. The maximum Gasteiger partial charge on any atom is 0.243 e. The summed E-state index contributed by atoms with van der Waals surface area (Å²) in [5.41, 5.74) is 7.81. The number of nitrogens with two attached hydrogens (primary N) is 1. The van der Waals surface area contributed by atoms with Gasteiger partial charge in [0.05, 0.1) is 30.1 Å². The van der Waals surface area contributed by atoms with Crippen molar-refractivity contribution in [2.75, 3.05) is 11.9 Å². The summed E-state index contributed by atoms with van der Waals surface area (Å²) in [4.78, 5) is 30.7. The smallest absolute Gasteiger partial charge is 0.243 e. The van der Waals surface area contributed by atoms with Crippen LogP contribution in [0.1, 0.15) is 13.8 Å². The SMILES string of the molecule is CC(C)[C@H](N)C(=O)NCC(=O)Nc1cccc2[nH]cnc12.Cl.Cl. The number of benzene rings is 1. The third kappa shape index (κ3) is 5.38. The van der Waals surface area contributed by atoms with Crippen LogP contribution in [-0.4, -0.2) is 34.4 Å². The van der Waals surface area contributed by atoms with Gasteiger partial charge in [-0.25, -0.2) is 4.98 Å². The zero-order valence-corrected chi connectivity index (χ0v) is 14.5. The number of anilines is 1. The number of aromatic amines is 1. The van der Waals surface area contributed by atoms with Gasteiger partial charge in [-0.05, 0) is 18.1 Å². The molecule has 0 saturated carbocycles. The fourth-order valence-electron chi connectivity index (χ4n) is 1.85. The van der Waals surface area contributed by atoms with Crippen LogP contribution in [0.3, 0.4) is 0 Å². The lowest BCUT2D eigenvalue weighted by atomic mass is 10.1. The molecule has 2 aromatic rings. The number of rotatable bonds is 5. The van der Waals surface area contributed by atoms with E-state index >= 15 is 0 Å². The Labute approximate surface area is 146 Å². The van der Waals surface area contributed by atoms with E-state index in [0.29, 0.717) is 11.2 Å². The zero-order valence-electron chi connectivity index (χ0n) is 12.8. The Balaban J connectivity index is 0.00000242. The number of para-hydroxylation sites is 1. The lowest BCUT2D eigenvalue weighted by Crippen LogP contribution is -2.46. The first-order valence-electron chi connectivity index (χ1n) is 6.74. The molecule has 0 bridgehead atoms. The molecular formula is C14H21Cl2N5O2. The van der Waals surface area contributed by atoms with E-state index in [0.717, 1.165) is 5.52 Å². The molecule has 1 atom stereocenters. The molecule has 9 heteroatoms. The second-order valence-electron chi connectivity index (χ2n) is 5.14. The average Bonchev–Trinajstić information content (AvgIpc) is 2.93. The largest absolute Gasteiger partial charge is 0.346 e. The first-order valence-corrected chi connectivity index (χ1v) is 6.74. The highest BCUT2D eigenvalue weighted by Gasteiger charge is 2.17. The van der Waals surface area contributed by atoms with E-state index in [4.69, 9.17) is 5.73 Å². The molecule has 128 valence electrons. The minimum absolute atomic E-state index is 0. The molecule has 5 N–H and O–H groups in total. The highest BCUT2D eigenvalue weighted by atomic mass is 35.5. The molecule has 0 aliphatic carbocycles. The molecule has 0 radical (unpaired) electrons. The van der Waals surface area contributed by atoms with E-state index in [1.807, 2.05) is 26.0 Å². The molecule has 2 rings (SSSR count). The molecule has 23 heavy (non-hydrogen) atoms. The maximum atomic E-state index is 11.9. The highest BCUT2D eigenvalue weighted by molar-refractivity contribution is 6.01. The first kappa shape index (κ1) is 21.2. The number of hydrogen-bond donors (Lipinski definition) is 4. The molecule has 1 aromatic carbocycles. The molecule has 2 amide bonds. The number of imidazole rings is 1. The van der Waals surface area contributed by atoms with Crippen molar-refractivity contribution in [3.8, 4) is 0 Å². The van der Waals surface area contributed by atoms with Crippen molar-refractivity contribution in [2.45, 2.75) is 19.9 Å². The van der Waals surface area contributed by atoms with Crippen LogP contribution in [0.5, 0.6) is 0 Å². The molecule has 7 nitrogen and oxygen atoms in total. The fraction of sp³-hybridized carbons (Fsp3) is 0.357. The van der Waals surface area contributed by atoms with E-state index < -0.39 is 6.04 Å². The molecule has 0 fully saturated rings. The van der Waals surface area contributed by atoms with Crippen LogP contribution >= 0.6 is 24.8 Å². The summed E-state index contributed by atoms with van der Waals surface area (Å²) in [5.74, 6) is -0.640. The van der Waals surface area contributed by atoms with Gasteiger partial charge in [-0.15, -0.1) is 24.8 Å². The van der Waals surface area contributed by atoms with Gasteiger partial charge in [0.1, 0.15) is 5.52 Å². The molecule has 0 aliphatic heterocycles. The number of nitrogens with zero attached hydrogens (tertiary/aromatic N) is 1. The van der Waals surface area contributed by atoms with Crippen molar-refractivity contribution in [1.29, 1.82) is 0 Å². The van der Waals surface area contributed by atoms with Gasteiger partial charge >= 0.3 is 0 Å².